The van der Waals surface area contributed by atoms with Gasteiger partial charge in [0.25, 0.3) is 0 Å². The minimum Gasteiger partial charge on any atom is -0.317 e. The van der Waals surface area contributed by atoms with Crippen LogP contribution in [-0.2, 0) is 15.4 Å². The highest BCUT2D eigenvalue weighted by Crippen LogP contribution is 2.25. The van der Waals surface area contributed by atoms with Crippen LogP contribution in [0.25, 0.3) is 0 Å². The van der Waals surface area contributed by atoms with E-state index in [2.05, 4.69) is 26.1 Å². The number of nitrogens with one attached hydrogen (secondary N) is 1. The minimum atomic E-state index is -3.40. The van der Waals surface area contributed by atoms with Gasteiger partial charge < -0.3 is 5.32 Å². The molecule has 0 atom stereocenters. The number of sulfonamides is 1. The van der Waals surface area contributed by atoms with Crippen LogP contribution in [0.15, 0.2) is 29.2 Å². The quantitative estimate of drug-likeness (QED) is 0.915. The van der Waals surface area contributed by atoms with Gasteiger partial charge in [-0.05, 0) is 49.0 Å². The molecule has 0 aliphatic carbocycles. The maximum Gasteiger partial charge on any atom is 0.243 e. The highest BCUT2D eigenvalue weighted by molar-refractivity contribution is 7.89. The number of hydrogen-bond acceptors (Lipinski definition) is 3. The summed E-state index contributed by atoms with van der Waals surface area (Å²) in [7, 11) is -1.70. The Morgan fingerprint density at radius 1 is 1.09 bits per heavy atom. The monoisotopic (exact) mass is 346 g/mol. The second-order valence-corrected chi connectivity index (χ2v) is 8.77. The van der Waals surface area contributed by atoms with Crippen molar-refractivity contribution in [3.05, 3.63) is 29.8 Å². The van der Waals surface area contributed by atoms with Crippen LogP contribution in [-0.4, -0.2) is 38.9 Å². The zero-order chi connectivity index (χ0) is 15.7. The summed E-state index contributed by atoms with van der Waals surface area (Å²) < 4.78 is 26.9. The van der Waals surface area contributed by atoms with Crippen molar-refractivity contribution in [3.63, 3.8) is 0 Å². The number of rotatable bonds is 3. The minimum absolute atomic E-state index is 0. The van der Waals surface area contributed by atoms with Crippen molar-refractivity contribution >= 4 is 22.4 Å². The Bertz CT molecular complexity index is 573. The lowest BCUT2D eigenvalue weighted by Gasteiger charge is -2.31. The van der Waals surface area contributed by atoms with Crippen LogP contribution in [0.3, 0.4) is 0 Å². The molecule has 0 radical (unpaired) electrons. The Labute approximate surface area is 140 Å². The second kappa shape index (κ2) is 7.30. The van der Waals surface area contributed by atoms with Crippen molar-refractivity contribution in [1.29, 1.82) is 0 Å². The molecule has 1 saturated heterocycles. The molecule has 1 N–H and O–H groups in total. The van der Waals surface area contributed by atoms with Crippen LogP contribution in [0, 0.1) is 0 Å². The molecule has 4 nitrogen and oxygen atoms in total. The lowest BCUT2D eigenvalue weighted by atomic mass is 9.87. The summed E-state index contributed by atoms with van der Waals surface area (Å²) in [5, 5.41) is 3.26. The lowest BCUT2D eigenvalue weighted by Crippen LogP contribution is -2.43. The average molecular weight is 347 g/mol. The molecule has 6 heteroatoms. The van der Waals surface area contributed by atoms with Gasteiger partial charge >= 0.3 is 0 Å². The van der Waals surface area contributed by atoms with Crippen molar-refractivity contribution in [3.8, 4) is 0 Å². The molecule has 0 saturated carbocycles. The standard InChI is InChI=1S/C16H26N2O2S.ClH/c1-16(2,3)13-5-7-15(8-6-13)21(19,20)18(4)14-9-11-17-12-10-14;/h5-8,14,17H,9-12H2,1-4H3;1H. The highest BCUT2D eigenvalue weighted by atomic mass is 35.5. The second-order valence-electron chi connectivity index (χ2n) is 6.78. The first-order valence-corrected chi connectivity index (χ1v) is 8.96. The van der Waals surface area contributed by atoms with Gasteiger partial charge in [-0.1, -0.05) is 32.9 Å². The Kier molecular flexibility index (Phi) is 6.45. The topological polar surface area (TPSA) is 49.4 Å². The van der Waals surface area contributed by atoms with Crippen molar-refractivity contribution < 1.29 is 8.42 Å². The predicted molar refractivity (Wildman–Crippen MR) is 93.2 cm³/mol. The van der Waals surface area contributed by atoms with E-state index in [4.69, 9.17) is 0 Å². The van der Waals surface area contributed by atoms with E-state index in [1.165, 1.54) is 0 Å². The number of nitrogens with zero attached hydrogens (tertiary/aromatic N) is 1. The van der Waals surface area contributed by atoms with E-state index in [0.717, 1.165) is 31.5 Å². The lowest BCUT2D eigenvalue weighted by molar-refractivity contribution is 0.296. The van der Waals surface area contributed by atoms with Gasteiger partial charge in [-0.2, -0.15) is 4.31 Å². The van der Waals surface area contributed by atoms with Crippen LogP contribution in [0.4, 0.5) is 0 Å². The van der Waals surface area contributed by atoms with E-state index in [0.29, 0.717) is 4.90 Å². The van der Waals surface area contributed by atoms with Crippen LogP contribution < -0.4 is 5.32 Å². The van der Waals surface area contributed by atoms with Crippen LogP contribution >= 0.6 is 12.4 Å². The Hall–Kier alpha value is -0.620. The first-order valence-electron chi connectivity index (χ1n) is 7.52. The van der Waals surface area contributed by atoms with Gasteiger partial charge in [0.15, 0.2) is 0 Å². The fourth-order valence-corrected chi connectivity index (χ4v) is 4.08. The Morgan fingerprint density at radius 2 is 1.59 bits per heavy atom. The van der Waals surface area contributed by atoms with Crippen molar-refractivity contribution in [2.45, 2.75) is 50.0 Å². The maximum absolute atomic E-state index is 12.7. The molecule has 0 aromatic heterocycles. The maximum atomic E-state index is 12.7. The summed E-state index contributed by atoms with van der Waals surface area (Å²) in [5.41, 5.74) is 1.18. The van der Waals surface area contributed by atoms with Gasteiger partial charge in [-0.3, -0.25) is 0 Å². The molecule has 1 fully saturated rings. The molecule has 1 aliphatic rings. The van der Waals surface area contributed by atoms with Gasteiger partial charge in [0.05, 0.1) is 4.90 Å². The third-order valence-corrected chi connectivity index (χ3v) is 6.14. The Morgan fingerprint density at radius 3 is 2.05 bits per heavy atom. The average Bonchev–Trinajstić information content (AvgIpc) is 2.46. The third-order valence-electron chi connectivity index (χ3n) is 4.22. The molecule has 1 aromatic rings. The van der Waals surface area contributed by atoms with Gasteiger partial charge in [0.1, 0.15) is 0 Å². The first-order chi connectivity index (χ1) is 9.73. The van der Waals surface area contributed by atoms with E-state index < -0.39 is 10.0 Å². The fourth-order valence-electron chi connectivity index (χ4n) is 2.66. The molecule has 1 aromatic carbocycles. The van der Waals surface area contributed by atoms with Gasteiger partial charge in [0.2, 0.25) is 10.0 Å². The molecule has 1 heterocycles. The predicted octanol–water partition coefficient (Wildman–Crippen LogP) is 2.78. The highest BCUT2D eigenvalue weighted by Gasteiger charge is 2.29. The molecule has 0 amide bonds. The molecule has 0 spiro atoms. The van der Waals surface area contributed by atoms with E-state index >= 15 is 0 Å². The van der Waals surface area contributed by atoms with Crippen molar-refractivity contribution in [2.75, 3.05) is 20.1 Å². The summed E-state index contributed by atoms with van der Waals surface area (Å²) in [6.07, 6.45) is 1.74. The number of hydrogen-bond donors (Lipinski definition) is 1. The van der Waals surface area contributed by atoms with Gasteiger partial charge in [-0.15, -0.1) is 12.4 Å². The van der Waals surface area contributed by atoms with E-state index in [1.54, 1.807) is 23.5 Å². The molecule has 22 heavy (non-hydrogen) atoms. The van der Waals surface area contributed by atoms with Crippen LogP contribution in [0.2, 0.25) is 0 Å². The molecule has 2 rings (SSSR count). The third kappa shape index (κ3) is 4.22. The Balaban J connectivity index is 0.00000242. The smallest absolute Gasteiger partial charge is 0.243 e. The summed E-state index contributed by atoms with van der Waals surface area (Å²) >= 11 is 0. The molecule has 0 unspecified atom stereocenters. The summed E-state index contributed by atoms with van der Waals surface area (Å²) in [6.45, 7) is 8.13. The molecule has 1 aliphatic heterocycles. The van der Waals surface area contributed by atoms with Crippen molar-refractivity contribution in [1.82, 2.24) is 9.62 Å². The SMILES string of the molecule is CN(C1CCNCC1)S(=O)(=O)c1ccc(C(C)(C)C)cc1.Cl. The van der Waals surface area contributed by atoms with Gasteiger partial charge in [0, 0.05) is 13.1 Å². The zero-order valence-corrected chi connectivity index (χ0v) is 15.4. The largest absolute Gasteiger partial charge is 0.317 e. The van der Waals surface area contributed by atoms with Crippen LogP contribution in [0.1, 0.15) is 39.2 Å². The number of halogens is 1. The van der Waals surface area contributed by atoms with E-state index in [-0.39, 0.29) is 23.9 Å². The molecular weight excluding hydrogens is 320 g/mol. The summed E-state index contributed by atoms with van der Waals surface area (Å²) in [4.78, 5) is 0.386. The molecular formula is C16H27ClN2O2S. The summed E-state index contributed by atoms with van der Waals surface area (Å²) in [5.74, 6) is 0. The fraction of sp³-hybridized carbons (Fsp3) is 0.625. The zero-order valence-electron chi connectivity index (χ0n) is 13.8. The summed E-state index contributed by atoms with van der Waals surface area (Å²) in [6, 6.07) is 7.39. The van der Waals surface area contributed by atoms with Gasteiger partial charge in [-0.25, -0.2) is 8.42 Å². The normalized spacial score (nSPS) is 17.3. The molecule has 126 valence electrons. The van der Waals surface area contributed by atoms with Crippen LogP contribution in [0.5, 0.6) is 0 Å². The number of piperidine rings is 1. The van der Waals surface area contributed by atoms with E-state index in [9.17, 15) is 8.42 Å². The number of benzene rings is 1. The van der Waals surface area contributed by atoms with Crippen molar-refractivity contribution in [2.24, 2.45) is 0 Å². The molecule has 0 bridgehead atoms. The van der Waals surface area contributed by atoms with E-state index in [1.807, 2.05) is 12.1 Å². The first kappa shape index (κ1) is 19.4.